The minimum atomic E-state index is -3.79. The van der Waals surface area contributed by atoms with Gasteiger partial charge < -0.3 is 9.84 Å². The van der Waals surface area contributed by atoms with Crippen LogP contribution in [0.5, 0.6) is 0 Å². The molecule has 1 saturated carbocycles. The Morgan fingerprint density at radius 1 is 1.08 bits per heavy atom. The number of anilines is 1. The lowest BCUT2D eigenvalue weighted by molar-refractivity contribution is -0.0483. The molecule has 0 bridgehead atoms. The molecule has 138 valence electrons. The van der Waals surface area contributed by atoms with Crippen LogP contribution in [0.3, 0.4) is 0 Å². The summed E-state index contributed by atoms with van der Waals surface area (Å²) in [6.07, 6.45) is 0.274. The van der Waals surface area contributed by atoms with E-state index in [1.165, 1.54) is 4.31 Å². The molecule has 1 aliphatic carbocycles. The Labute approximate surface area is 154 Å². The average molecular weight is 373 g/mol. The van der Waals surface area contributed by atoms with Crippen LogP contribution in [0.1, 0.15) is 29.9 Å². The molecule has 4 rings (SSSR count). The molecule has 0 aromatic heterocycles. The van der Waals surface area contributed by atoms with Gasteiger partial charge in [0.1, 0.15) is 6.10 Å². The molecule has 0 spiro atoms. The molecular weight excluding hydrogens is 350 g/mol. The number of benzene rings is 2. The fraction of sp³-hybridized carbons (Fsp3) is 0.400. The van der Waals surface area contributed by atoms with Crippen molar-refractivity contribution in [3.05, 3.63) is 59.7 Å². The van der Waals surface area contributed by atoms with E-state index in [9.17, 15) is 13.5 Å². The van der Waals surface area contributed by atoms with E-state index in [0.29, 0.717) is 12.1 Å². The summed E-state index contributed by atoms with van der Waals surface area (Å²) in [7, 11) is -2.22. The SMILES string of the molecule is COC1CCC2c3ccccc3N(S(=O)(=O)c3ccc(C)cc3)C2C1O. The van der Waals surface area contributed by atoms with Crippen molar-refractivity contribution >= 4 is 15.7 Å². The van der Waals surface area contributed by atoms with Gasteiger partial charge in [0.25, 0.3) is 10.0 Å². The van der Waals surface area contributed by atoms with Gasteiger partial charge in [0.15, 0.2) is 0 Å². The van der Waals surface area contributed by atoms with E-state index < -0.39 is 22.2 Å². The van der Waals surface area contributed by atoms with E-state index in [1.807, 2.05) is 31.2 Å². The largest absolute Gasteiger partial charge is 0.388 e. The Hall–Kier alpha value is -1.89. The first kappa shape index (κ1) is 17.5. The molecule has 1 N–H and O–H groups in total. The summed E-state index contributed by atoms with van der Waals surface area (Å²) in [5.74, 6) is -0.0205. The summed E-state index contributed by atoms with van der Waals surface area (Å²) in [4.78, 5) is 0.241. The molecule has 1 fully saturated rings. The van der Waals surface area contributed by atoms with Crippen molar-refractivity contribution in [1.82, 2.24) is 0 Å². The highest BCUT2D eigenvalue weighted by Gasteiger charge is 2.52. The minimum Gasteiger partial charge on any atom is -0.388 e. The van der Waals surface area contributed by atoms with Gasteiger partial charge >= 0.3 is 0 Å². The number of aliphatic hydroxyl groups is 1. The van der Waals surface area contributed by atoms with Crippen molar-refractivity contribution in [2.45, 2.75) is 48.8 Å². The maximum atomic E-state index is 13.5. The van der Waals surface area contributed by atoms with Crippen molar-refractivity contribution in [2.24, 2.45) is 0 Å². The summed E-state index contributed by atoms with van der Waals surface area (Å²) in [5.41, 5.74) is 2.65. The predicted molar refractivity (Wildman–Crippen MR) is 99.9 cm³/mol. The zero-order chi connectivity index (χ0) is 18.5. The fourth-order valence-corrected chi connectivity index (χ4v) is 6.04. The van der Waals surface area contributed by atoms with E-state index in [4.69, 9.17) is 4.74 Å². The lowest BCUT2D eigenvalue weighted by Gasteiger charge is -2.40. The van der Waals surface area contributed by atoms with Gasteiger partial charge in [0, 0.05) is 13.0 Å². The maximum Gasteiger partial charge on any atom is 0.264 e. The lowest BCUT2D eigenvalue weighted by atomic mass is 9.79. The Kier molecular flexibility index (Phi) is 4.29. The minimum absolute atomic E-state index is 0.0205. The normalized spacial score (nSPS) is 27.9. The molecule has 0 saturated heterocycles. The second kappa shape index (κ2) is 6.37. The number of nitrogens with zero attached hydrogens (tertiary/aromatic N) is 1. The smallest absolute Gasteiger partial charge is 0.264 e. The van der Waals surface area contributed by atoms with E-state index in [1.54, 1.807) is 31.4 Å². The molecule has 1 heterocycles. The molecule has 2 aromatic carbocycles. The van der Waals surface area contributed by atoms with Crippen LogP contribution in [-0.2, 0) is 14.8 Å². The van der Waals surface area contributed by atoms with Gasteiger partial charge in [-0.1, -0.05) is 35.9 Å². The van der Waals surface area contributed by atoms with Crippen molar-refractivity contribution in [3.63, 3.8) is 0 Å². The van der Waals surface area contributed by atoms with Gasteiger partial charge in [0.05, 0.1) is 22.7 Å². The molecule has 2 aliphatic rings. The fourth-order valence-electron chi connectivity index (χ4n) is 4.32. The van der Waals surface area contributed by atoms with Gasteiger partial charge in [0.2, 0.25) is 0 Å². The van der Waals surface area contributed by atoms with Crippen LogP contribution in [-0.4, -0.2) is 38.9 Å². The third kappa shape index (κ3) is 2.55. The second-order valence-electron chi connectivity index (χ2n) is 7.11. The second-order valence-corrected chi connectivity index (χ2v) is 8.93. The highest BCUT2D eigenvalue weighted by atomic mass is 32.2. The van der Waals surface area contributed by atoms with Gasteiger partial charge in [-0.15, -0.1) is 0 Å². The standard InChI is InChI=1S/C20H23NO4S/c1-13-7-9-14(10-8-13)26(23,24)21-17-6-4-3-5-15(17)16-11-12-18(25-2)20(22)19(16)21/h3-10,16,18-20,22H,11-12H2,1-2H3. The maximum absolute atomic E-state index is 13.5. The number of hydrogen-bond donors (Lipinski definition) is 1. The molecule has 5 nitrogen and oxygen atoms in total. The Balaban J connectivity index is 1.86. The summed E-state index contributed by atoms with van der Waals surface area (Å²) in [5, 5.41) is 10.9. The van der Waals surface area contributed by atoms with Gasteiger partial charge in [-0.05, 0) is 43.5 Å². The number of hydrogen-bond acceptors (Lipinski definition) is 4. The lowest BCUT2D eigenvalue weighted by Crippen LogP contribution is -2.54. The van der Waals surface area contributed by atoms with Gasteiger partial charge in [-0.3, -0.25) is 4.31 Å². The van der Waals surface area contributed by atoms with E-state index >= 15 is 0 Å². The number of aliphatic hydroxyl groups excluding tert-OH is 1. The monoisotopic (exact) mass is 373 g/mol. The first-order valence-corrected chi connectivity index (χ1v) is 10.3. The Bertz CT molecular complexity index is 910. The zero-order valence-corrected chi connectivity index (χ0v) is 15.7. The van der Waals surface area contributed by atoms with Crippen LogP contribution in [0.4, 0.5) is 5.69 Å². The number of ether oxygens (including phenoxy) is 1. The summed E-state index contributed by atoms with van der Waals surface area (Å²) in [6.45, 7) is 1.92. The molecule has 0 amide bonds. The van der Waals surface area contributed by atoms with Crippen molar-refractivity contribution in [3.8, 4) is 0 Å². The third-order valence-electron chi connectivity index (χ3n) is 5.63. The first-order chi connectivity index (χ1) is 12.4. The molecule has 0 radical (unpaired) electrons. The number of methoxy groups -OCH3 is 1. The quantitative estimate of drug-likeness (QED) is 0.898. The summed E-state index contributed by atoms with van der Waals surface area (Å²) < 4.78 is 33.8. The number of sulfonamides is 1. The molecular formula is C20H23NO4S. The molecule has 26 heavy (non-hydrogen) atoms. The average Bonchev–Trinajstić information content (AvgIpc) is 2.98. The van der Waals surface area contributed by atoms with Crippen LogP contribution < -0.4 is 4.31 Å². The van der Waals surface area contributed by atoms with Crippen molar-refractivity contribution in [1.29, 1.82) is 0 Å². The van der Waals surface area contributed by atoms with Gasteiger partial charge in [-0.25, -0.2) is 8.42 Å². The van der Waals surface area contributed by atoms with E-state index in [-0.39, 0.29) is 16.9 Å². The molecule has 4 atom stereocenters. The van der Waals surface area contributed by atoms with Crippen LogP contribution in [0.15, 0.2) is 53.4 Å². The highest BCUT2D eigenvalue weighted by molar-refractivity contribution is 7.92. The van der Waals surface area contributed by atoms with Crippen LogP contribution in [0, 0.1) is 6.92 Å². The van der Waals surface area contributed by atoms with Crippen LogP contribution >= 0.6 is 0 Å². The number of aryl methyl sites for hydroxylation is 1. The van der Waals surface area contributed by atoms with E-state index in [2.05, 4.69) is 0 Å². The summed E-state index contributed by atoms with van der Waals surface area (Å²) >= 11 is 0. The Morgan fingerprint density at radius 3 is 2.46 bits per heavy atom. The van der Waals surface area contributed by atoms with Crippen molar-refractivity contribution in [2.75, 3.05) is 11.4 Å². The van der Waals surface area contributed by atoms with Crippen LogP contribution in [0.25, 0.3) is 0 Å². The molecule has 1 aliphatic heterocycles. The highest BCUT2D eigenvalue weighted by Crippen LogP contribution is 2.50. The number of fused-ring (bicyclic) bond motifs is 3. The first-order valence-electron chi connectivity index (χ1n) is 8.86. The number of rotatable bonds is 3. The van der Waals surface area contributed by atoms with Crippen LogP contribution in [0.2, 0.25) is 0 Å². The third-order valence-corrected chi connectivity index (χ3v) is 7.46. The number of para-hydroxylation sites is 1. The Morgan fingerprint density at radius 2 is 1.77 bits per heavy atom. The molecule has 2 aromatic rings. The topological polar surface area (TPSA) is 66.8 Å². The van der Waals surface area contributed by atoms with E-state index in [0.717, 1.165) is 17.5 Å². The zero-order valence-electron chi connectivity index (χ0n) is 14.9. The summed E-state index contributed by atoms with van der Waals surface area (Å²) in [6, 6.07) is 13.9. The molecule has 4 unspecified atom stereocenters. The molecule has 6 heteroatoms. The van der Waals surface area contributed by atoms with Gasteiger partial charge in [-0.2, -0.15) is 0 Å². The van der Waals surface area contributed by atoms with Crippen molar-refractivity contribution < 1.29 is 18.3 Å². The predicted octanol–water partition coefficient (Wildman–Crippen LogP) is 2.83.